The molecule has 1 aromatic carbocycles. The van der Waals surface area contributed by atoms with Crippen molar-refractivity contribution in [1.82, 2.24) is 0 Å². The van der Waals surface area contributed by atoms with E-state index in [0.717, 1.165) is 11.1 Å². The molecule has 6 nitrogen and oxygen atoms in total. The van der Waals surface area contributed by atoms with Gasteiger partial charge in [-0.1, -0.05) is 27.7 Å². The fourth-order valence-corrected chi connectivity index (χ4v) is 2.34. The summed E-state index contributed by atoms with van der Waals surface area (Å²) in [5.74, 6) is 0.730. The van der Waals surface area contributed by atoms with E-state index in [2.05, 4.69) is 0 Å². The minimum atomic E-state index is -0.916. The van der Waals surface area contributed by atoms with Crippen LogP contribution in [0.25, 0.3) is 0 Å². The molecule has 0 aromatic heterocycles. The third-order valence-electron chi connectivity index (χ3n) is 3.18. The Bertz CT molecular complexity index is 565. The number of ether oxygens (including phenoxy) is 2. The summed E-state index contributed by atoms with van der Waals surface area (Å²) in [6.45, 7) is 9.60. The minimum Gasteiger partial charge on any atom is -0.410 e. The highest BCUT2D eigenvalue weighted by Gasteiger charge is 2.23. The largest absolute Gasteiger partial charge is 0.410 e. The van der Waals surface area contributed by atoms with Crippen molar-refractivity contribution < 1.29 is 19.1 Å². The lowest BCUT2D eigenvalue weighted by molar-refractivity contribution is 0.207. The van der Waals surface area contributed by atoms with E-state index in [9.17, 15) is 9.59 Å². The Hall–Kier alpha value is -2.24. The summed E-state index contributed by atoms with van der Waals surface area (Å²) in [5.41, 5.74) is 12.5. The quantitative estimate of drug-likeness (QED) is 0.889. The van der Waals surface area contributed by atoms with Crippen LogP contribution in [0, 0.1) is 6.92 Å². The van der Waals surface area contributed by atoms with Gasteiger partial charge in [-0.2, -0.15) is 0 Å². The van der Waals surface area contributed by atoms with E-state index in [0.29, 0.717) is 17.1 Å². The molecule has 1 aromatic rings. The molecule has 0 unspecified atom stereocenters. The molecule has 1 rings (SSSR count). The van der Waals surface area contributed by atoms with Crippen LogP contribution in [0.5, 0.6) is 11.5 Å². The van der Waals surface area contributed by atoms with Crippen LogP contribution in [0.2, 0.25) is 0 Å². The van der Waals surface area contributed by atoms with Gasteiger partial charge in [0, 0.05) is 5.56 Å². The molecule has 4 N–H and O–H groups in total. The second-order valence-electron chi connectivity index (χ2n) is 5.48. The van der Waals surface area contributed by atoms with Gasteiger partial charge < -0.3 is 20.9 Å². The molecule has 0 saturated carbocycles. The summed E-state index contributed by atoms with van der Waals surface area (Å²) in [4.78, 5) is 22.3. The number of carbonyl (C=O) groups is 2. The van der Waals surface area contributed by atoms with Crippen LogP contribution >= 0.6 is 0 Å². The lowest BCUT2D eigenvalue weighted by Gasteiger charge is -2.22. The summed E-state index contributed by atoms with van der Waals surface area (Å²) < 4.78 is 10.2. The summed E-state index contributed by atoms with van der Waals surface area (Å²) in [5, 5.41) is 0. The summed E-state index contributed by atoms with van der Waals surface area (Å²) in [7, 11) is 0. The van der Waals surface area contributed by atoms with Gasteiger partial charge in [0.1, 0.15) is 11.5 Å². The van der Waals surface area contributed by atoms with Crippen molar-refractivity contribution in [3.05, 3.63) is 22.8 Å². The first-order valence-electron chi connectivity index (χ1n) is 6.77. The number of hydrogen-bond donors (Lipinski definition) is 2. The van der Waals surface area contributed by atoms with Gasteiger partial charge in [-0.25, -0.2) is 9.59 Å². The number of amides is 2. The average Bonchev–Trinajstić information content (AvgIpc) is 2.30. The molecule has 21 heavy (non-hydrogen) atoms. The van der Waals surface area contributed by atoms with Crippen LogP contribution in [-0.2, 0) is 0 Å². The number of rotatable bonds is 4. The number of benzene rings is 1. The average molecular weight is 294 g/mol. The van der Waals surface area contributed by atoms with Crippen LogP contribution in [0.15, 0.2) is 6.07 Å². The molecular weight excluding hydrogens is 272 g/mol. The number of nitrogens with two attached hydrogens (primary N) is 2. The zero-order chi connectivity index (χ0) is 16.3. The van der Waals surface area contributed by atoms with Gasteiger partial charge in [0.15, 0.2) is 0 Å². The Labute approximate surface area is 124 Å². The second-order valence-corrected chi connectivity index (χ2v) is 5.48. The summed E-state index contributed by atoms with van der Waals surface area (Å²) in [6, 6.07) is 1.76. The van der Waals surface area contributed by atoms with E-state index in [1.165, 1.54) is 0 Å². The zero-order valence-corrected chi connectivity index (χ0v) is 13.0. The van der Waals surface area contributed by atoms with Gasteiger partial charge in [-0.15, -0.1) is 0 Å². The van der Waals surface area contributed by atoms with Gasteiger partial charge in [0.25, 0.3) is 0 Å². The standard InChI is InChI=1S/C15H22N2O4/c1-7(2)10-6-11(20-14(16)18)12(8(3)4)13(9(10)5)21-15(17)19/h6-8H,1-5H3,(H2,16,18)(H2,17,19). The number of hydrogen-bond acceptors (Lipinski definition) is 4. The molecule has 0 aliphatic heterocycles. The molecule has 0 bridgehead atoms. The van der Waals surface area contributed by atoms with Crippen LogP contribution in [0.1, 0.15) is 56.2 Å². The molecule has 0 saturated heterocycles. The normalized spacial score (nSPS) is 10.8. The highest BCUT2D eigenvalue weighted by Crippen LogP contribution is 2.41. The molecular formula is C15H22N2O4. The molecule has 0 heterocycles. The smallest absolute Gasteiger partial charge is 0.409 e. The number of primary amides is 2. The van der Waals surface area contributed by atoms with Crippen molar-refractivity contribution in [3.63, 3.8) is 0 Å². The van der Waals surface area contributed by atoms with Crippen molar-refractivity contribution in [2.75, 3.05) is 0 Å². The molecule has 0 fully saturated rings. The monoisotopic (exact) mass is 294 g/mol. The second kappa shape index (κ2) is 6.47. The molecule has 6 heteroatoms. The van der Waals surface area contributed by atoms with Gasteiger partial charge in [0.2, 0.25) is 0 Å². The van der Waals surface area contributed by atoms with E-state index in [-0.39, 0.29) is 11.8 Å². The van der Waals surface area contributed by atoms with Crippen molar-refractivity contribution in [2.24, 2.45) is 11.5 Å². The lowest BCUT2D eigenvalue weighted by atomic mass is 9.90. The Morgan fingerprint density at radius 1 is 1.00 bits per heavy atom. The Morgan fingerprint density at radius 2 is 1.52 bits per heavy atom. The molecule has 0 aliphatic carbocycles. The predicted octanol–water partition coefficient (Wildman–Crippen LogP) is 3.16. The van der Waals surface area contributed by atoms with Crippen LogP contribution in [0.4, 0.5) is 9.59 Å². The maximum atomic E-state index is 11.2. The van der Waals surface area contributed by atoms with E-state index >= 15 is 0 Å². The Morgan fingerprint density at radius 3 is 1.90 bits per heavy atom. The highest BCUT2D eigenvalue weighted by atomic mass is 16.6. The summed E-state index contributed by atoms with van der Waals surface area (Å²) in [6.07, 6.45) is -1.83. The molecule has 0 spiro atoms. The molecule has 0 atom stereocenters. The van der Waals surface area contributed by atoms with Crippen molar-refractivity contribution in [3.8, 4) is 11.5 Å². The van der Waals surface area contributed by atoms with Gasteiger partial charge >= 0.3 is 12.2 Å². The maximum Gasteiger partial charge on any atom is 0.409 e. The third-order valence-corrected chi connectivity index (χ3v) is 3.18. The van der Waals surface area contributed by atoms with Crippen molar-refractivity contribution >= 4 is 12.2 Å². The minimum absolute atomic E-state index is 0.0476. The first kappa shape index (κ1) is 16.8. The van der Waals surface area contributed by atoms with E-state index in [1.807, 2.05) is 34.6 Å². The predicted molar refractivity (Wildman–Crippen MR) is 79.8 cm³/mol. The van der Waals surface area contributed by atoms with Crippen LogP contribution in [-0.4, -0.2) is 12.2 Å². The first-order chi connectivity index (χ1) is 9.65. The van der Waals surface area contributed by atoms with Gasteiger partial charge in [-0.05, 0) is 36.0 Å². The molecule has 116 valence electrons. The maximum absolute atomic E-state index is 11.2. The number of carbonyl (C=O) groups excluding carboxylic acids is 2. The lowest BCUT2D eigenvalue weighted by Crippen LogP contribution is -2.21. The topological polar surface area (TPSA) is 105 Å². The van der Waals surface area contributed by atoms with Crippen molar-refractivity contribution in [1.29, 1.82) is 0 Å². The van der Waals surface area contributed by atoms with Crippen LogP contribution in [0.3, 0.4) is 0 Å². The van der Waals surface area contributed by atoms with Gasteiger partial charge in [0.05, 0.1) is 0 Å². The zero-order valence-electron chi connectivity index (χ0n) is 13.0. The SMILES string of the molecule is Cc1c(C(C)C)cc(OC(N)=O)c(C(C)C)c1OC(N)=O. The molecule has 2 amide bonds. The van der Waals surface area contributed by atoms with Crippen molar-refractivity contribution in [2.45, 2.75) is 46.5 Å². The molecule has 0 radical (unpaired) electrons. The highest BCUT2D eigenvalue weighted by molar-refractivity contribution is 5.73. The van der Waals surface area contributed by atoms with E-state index in [4.69, 9.17) is 20.9 Å². The first-order valence-corrected chi connectivity index (χ1v) is 6.77. The van der Waals surface area contributed by atoms with Crippen LogP contribution < -0.4 is 20.9 Å². The van der Waals surface area contributed by atoms with E-state index < -0.39 is 12.2 Å². The van der Waals surface area contributed by atoms with E-state index in [1.54, 1.807) is 6.07 Å². The Balaban J connectivity index is 3.65. The fourth-order valence-electron chi connectivity index (χ4n) is 2.34. The van der Waals surface area contributed by atoms with Gasteiger partial charge in [-0.3, -0.25) is 0 Å². The fraction of sp³-hybridized carbons (Fsp3) is 0.467. The Kier molecular flexibility index (Phi) is 5.18. The third kappa shape index (κ3) is 3.87. The summed E-state index contributed by atoms with van der Waals surface area (Å²) >= 11 is 0. The molecule has 0 aliphatic rings.